The van der Waals surface area contributed by atoms with Gasteiger partial charge in [-0.2, -0.15) is 0 Å². The first-order valence-corrected chi connectivity index (χ1v) is 5.80. The zero-order valence-electron chi connectivity index (χ0n) is 10.9. The van der Waals surface area contributed by atoms with Crippen LogP contribution in [0.2, 0.25) is 0 Å². The number of ketones is 1. The van der Waals surface area contributed by atoms with E-state index in [1.807, 2.05) is 27.7 Å². The van der Waals surface area contributed by atoms with E-state index in [9.17, 15) is 9.18 Å². The number of rotatable bonds is 4. The van der Waals surface area contributed by atoms with Gasteiger partial charge < -0.3 is 5.32 Å². The Bertz CT molecular complexity index is 407. The van der Waals surface area contributed by atoms with Crippen molar-refractivity contribution >= 4 is 5.78 Å². The first kappa shape index (κ1) is 13.8. The molecule has 1 aromatic carbocycles. The number of benzene rings is 1. The molecule has 0 bridgehead atoms. The molecular weight excluding hydrogens is 217 g/mol. The van der Waals surface area contributed by atoms with Gasteiger partial charge in [0.05, 0.1) is 6.54 Å². The molecule has 0 atom stereocenters. The van der Waals surface area contributed by atoms with Crippen molar-refractivity contribution in [1.29, 1.82) is 0 Å². The molecule has 17 heavy (non-hydrogen) atoms. The zero-order valence-corrected chi connectivity index (χ0v) is 10.9. The average Bonchev–Trinajstić information content (AvgIpc) is 2.18. The van der Waals surface area contributed by atoms with E-state index in [0.29, 0.717) is 13.0 Å². The first-order valence-electron chi connectivity index (χ1n) is 5.80. The highest BCUT2D eigenvalue weighted by Crippen LogP contribution is 2.11. The minimum atomic E-state index is -0.258. The normalized spacial score (nSPS) is 11.6. The van der Waals surface area contributed by atoms with Crippen molar-refractivity contribution in [3.05, 3.63) is 35.1 Å². The van der Waals surface area contributed by atoms with Gasteiger partial charge in [-0.3, -0.25) is 4.79 Å². The Morgan fingerprint density at radius 1 is 1.35 bits per heavy atom. The lowest BCUT2D eigenvalue weighted by molar-refractivity contribution is -0.117. The van der Waals surface area contributed by atoms with Crippen molar-refractivity contribution < 1.29 is 9.18 Å². The molecule has 0 heterocycles. The zero-order chi connectivity index (χ0) is 13.1. The quantitative estimate of drug-likeness (QED) is 0.872. The van der Waals surface area contributed by atoms with Crippen molar-refractivity contribution in [3.63, 3.8) is 0 Å². The highest BCUT2D eigenvalue weighted by molar-refractivity contribution is 5.83. The molecule has 0 aromatic heterocycles. The molecular formula is C14H20FNO. The second kappa shape index (κ2) is 5.41. The number of aryl methyl sites for hydroxylation is 1. The van der Waals surface area contributed by atoms with Crippen LogP contribution in [0.1, 0.15) is 31.9 Å². The fourth-order valence-electron chi connectivity index (χ4n) is 1.50. The molecule has 2 nitrogen and oxygen atoms in total. The van der Waals surface area contributed by atoms with E-state index >= 15 is 0 Å². The van der Waals surface area contributed by atoms with Crippen molar-refractivity contribution in [2.24, 2.45) is 0 Å². The molecule has 0 aliphatic carbocycles. The predicted molar refractivity (Wildman–Crippen MR) is 67.6 cm³/mol. The molecule has 1 aromatic rings. The Hall–Kier alpha value is -1.22. The monoisotopic (exact) mass is 237 g/mol. The third-order valence-corrected chi connectivity index (χ3v) is 2.51. The van der Waals surface area contributed by atoms with Crippen LogP contribution in [0.3, 0.4) is 0 Å². The van der Waals surface area contributed by atoms with Crippen LogP contribution >= 0.6 is 0 Å². The third kappa shape index (κ3) is 5.09. The Morgan fingerprint density at radius 2 is 2.00 bits per heavy atom. The van der Waals surface area contributed by atoms with Crippen molar-refractivity contribution in [2.75, 3.05) is 6.54 Å². The Kier molecular flexibility index (Phi) is 4.40. The summed E-state index contributed by atoms with van der Waals surface area (Å²) >= 11 is 0. The lowest BCUT2D eigenvalue weighted by Gasteiger charge is -2.19. The van der Waals surface area contributed by atoms with Gasteiger partial charge in [-0.1, -0.05) is 6.07 Å². The third-order valence-electron chi connectivity index (χ3n) is 2.51. The summed E-state index contributed by atoms with van der Waals surface area (Å²) in [4.78, 5) is 11.7. The summed E-state index contributed by atoms with van der Waals surface area (Å²) in [5.74, 6) is -0.138. The summed E-state index contributed by atoms with van der Waals surface area (Å²) in [7, 11) is 0. The fourth-order valence-corrected chi connectivity index (χ4v) is 1.50. The average molecular weight is 237 g/mol. The summed E-state index contributed by atoms with van der Waals surface area (Å²) in [5.41, 5.74) is 1.66. The van der Waals surface area contributed by atoms with Crippen LogP contribution in [0.4, 0.5) is 4.39 Å². The molecule has 0 saturated heterocycles. The van der Waals surface area contributed by atoms with Gasteiger partial charge in [0.25, 0.3) is 0 Å². The Labute approximate surface area is 102 Å². The van der Waals surface area contributed by atoms with Crippen molar-refractivity contribution in [3.8, 4) is 0 Å². The maximum atomic E-state index is 12.9. The highest BCUT2D eigenvalue weighted by atomic mass is 19.1. The molecule has 0 saturated carbocycles. The molecule has 94 valence electrons. The number of halogens is 1. The van der Waals surface area contributed by atoms with Gasteiger partial charge in [0.1, 0.15) is 5.82 Å². The van der Waals surface area contributed by atoms with E-state index < -0.39 is 0 Å². The number of carbonyl (C=O) groups excluding carboxylic acids is 1. The standard InChI is InChI=1S/C14H20FNO/c1-10-7-12(15)6-5-11(10)8-13(17)9-16-14(2,3)4/h5-7,16H,8-9H2,1-4H3. The summed E-state index contributed by atoms with van der Waals surface area (Å²) in [5, 5.41) is 3.15. The molecule has 0 unspecified atom stereocenters. The van der Waals surface area contributed by atoms with Gasteiger partial charge in [-0.05, 0) is 51.0 Å². The molecule has 0 amide bonds. The molecule has 0 radical (unpaired) electrons. The smallest absolute Gasteiger partial charge is 0.150 e. The van der Waals surface area contributed by atoms with Gasteiger partial charge in [0.2, 0.25) is 0 Å². The van der Waals surface area contributed by atoms with E-state index in [2.05, 4.69) is 5.32 Å². The molecule has 1 N–H and O–H groups in total. The summed E-state index contributed by atoms with van der Waals surface area (Å²) in [6.45, 7) is 8.22. The van der Waals surface area contributed by atoms with Crippen LogP contribution in [0, 0.1) is 12.7 Å². The molecule has 0 aliphatic rings. The molecule has 0 aliphatic heterocycles. The lowest BCUT2D eigenvalue weighted by Crippen LogP contribution is -2.39. The first-order chi connectivity index (χ1) is 7.78. The van der Waals surface area contributed by atoms with Crippen LogP contribution in [-0.2, 0) is 11.2 Å². The second-order valence-electron chi connectivity index (χ2n) is 5.39. The van der Waals surface area contributed by atoms with E-state index in [-0.39, 0.29) is 17.1 Å². The van der Waals surface area contributed by atoms with Crippen molar-refractivity contribution in [1.82, 2.24) is 5.32 Å². The highest BCUT2D eigenvalue weighted by Gasteiger charge is 2.12. The number of carbonyl (C=O) groups is 1. The van der Waals surface area contributed by atoms with E-state index in [0.717, 1.165) is 11.1 Å². The van der Waals surface area contributed by atoms with Crippen LogP contribution in [-0.4, -0.2) is 17.9 Å². The lowest BCUT2D eigenvalue weighted by atomic mass is 10.0. The van der Waals surface area contributed by atoms with E-state index in [1.165, 1.54) is 12.1 Å². The number of nitrogens with one attached hydrogen (secondary N) is 1. The number of hydrogen-bond donors (Lipinski definition) is 1. The van der Waals surface area contributed by atoms with Gasteiger partial charge in [0.15, 0.2) is 5.78 Å². The molecule has 0 fully saturated rings. The fraction of sp³-hybridized carbons (Fsp3) is 0.500. The number of hydrogen-bond acceptors (Lipinski definition) is 2. The van der Waals surface area contributed by atoms with E-state index in [4.69, 9.17) is 0 Å². The van der Waals surface area contributed by atoms with Gasteiger partial charge >= 0.3 is 0 Å². The van der Waals surface area contributed by atoms with Gasteiger partial charge in [-0.25, -0.2) is 4.39 Å². The summed E-state index contributed by atoms with van der Waals surface area (Å²) in [6, 6.07) is 4.53. The molecule has 1 rings (SSSR count). The molecule has 0 spiro atoms. The minimum absolute atomic E-state index is 0.0620. The predicted octanol–water partition coefficient (Wildman–Crippen LogP) is 2.63. The topological polar surface area (TPSA) is 29.1 Å². The van der Waals surface area contributed by atoms with Crippen LogP contribution < -0.4 is 5.32 Å². The Balaban J connectivity index is 2.57. The maximum Gasteiger partial charge on any atom is 0.150 e. The summed E-state index contributed by atoms with van der Waals surface area (Å²) < 4.78 is 12.9. The van der Waals surface area contributed by atoms with Crippen LogP contribution in [0.25, 0.3) is 0 Å². The Morgan fingerprint density at radius 3 is 2.53 bits per heavy atom. The maximum absolute atomic E-state index is 12.9. The summed E-state index contributed by atoms with van der Waals surface area (Å²) in [6.07, 6.45) is 0.356. The van der Waals surface area contributed by atoms with Crippen LogP contribution in [0.5, 0.6) is 0 Å². The minimum Gasteiger partial charge on any atom is -0.305 e. The largest absolute Gasteiger partial charge is 0.305 e. The van der Waals surface area contributed by atoms with Gasteiger partial charge in [0, 0.05) is 12.0 Å². The van der Waals surface area contributed by atoms with E-state index in [1.54, 1.807) is 6.07 Å². The number of Topliss-reactive ketones (excluding diaryl/α,β-unsaturated/α-hetero) is 1. The molecule has 3 heteroatoms. The second-order valence-corrected chi connectivity index (χ2v) is 5.39. The van der Waals surface area contributed by atoms with Crippen molar-refractivity contribution in [2.45, 2.75) is 39.7 Å². The SMILES string of the molecule is Cc1cc(F)ccc1CC(=O)CNC(C)(C)C. The van der Waals surface area contributed by atoms with Gasteiger partial charge in [-0.15, -0.1) is 0 Å². The van der Waals surface area contributed by atoms with Crippen LogP contribution in [0.15, 0.2) is 18.2 Å².